The van der Waals surface area contributed by atoms with Crippen LogP contribution in [-0.2, 0) is 15.3 Å². The summed E-state index contributed by atoms with van der Waals surface area (Å²) in [5.41, 5.74) is 12.4. The average Bonchev–Trinajstić information content (AvgIpc) is 3.64. The van der Waals surface area contributed by atoms with Crippen molar-refractivity contribution in [3.8, 4) is 44.8 Å². The number of benzene rings is 9. The summed E-state index contributed by atoms with van der Waals surface area (Å²) in [7, 11) is -3.93. The molecule has 0 fully saturated rings. The van der Waals surface area contributed by atoms with Crippen molar-refractivity contribution in [1.82, 2.24) is 4.68 Å². The van der Waals surface area contributed by atoms with Gasteiger partial charge in [0.1, 0.15) is 11.2 Å². The lowest BCUT2D eigenvalue weighted by molar-refractivity contribution is -0.672. The van der Waals surface area contributed by atoms with E-state index in [4.69, 9.17) is 0 Å². The molecule has 0 saturated heterocycles. The topological polar surface area (TPSA) is 43.0 Å². The summed E-state index contributed by atoms with van der Waals surface area (Å²) in [4.78, 5) is 0.718. The third kappa shape index (κ3) is 4.71. The number of aromatic nitrogens is 2. The van der Waals surface area contributed by atoms with Crippen LogP contribution in [0.4, 0.5) is 0 Å². The van der Waals surface area contributed by atoms with Gasteiger partial charge in [-0.25, -0.2) is 8.42 Å². The molecule has 1 aliphatic carbocycles. The summed E-state index contributed by atoms with van der Waals surface area (Å²) in [6, 6.07) is 71.4. The molecule has 10 aromatic rings. The first-order chi connectivity index (χ1) is 29.0. The van der Waals surface area contributed by atoms with Gasteiger partial charge < -0.3 is 0 Å². The lowest BCUT2D eigenvalue weighted by Gasteiger charge is -2.43. The number of nitrogens with zero attached hydrogens (tertiary/aromatic N) is 2. The molecule has 0 N–H and O–H groups in total. The molecule has 1 atom stereocenters. The molecule has 0 bridgehead atoms. The van der Waals surface area contributed by atoms with Crippen LogP contribution >= 0.6 is 0 Å². The molecule has 1 spiro atoms. The third-order valence-electron chi connectivity index (χ3n) is 12.5. The van der Waals surface area contributed by atoms with Crippen LogP contribution in [0, 0.1) is 0 Å². The molecule has 9 aromatic carbocycles. The predicted octanol–water partition coefficient (Wildman–Crippen LogP) is 11.9. The fraction of sp³-hybridized carbons (Fsp3) is 0.0185. The molecule has 12 rings (SSSR count). The Labute approximate surface area is 342 Å². The summed E-state index contributed by atoms with van der Waals surface area (Å²) in [6.45, 7) is 0. The Bertz CT molecular complexity index is 3460. The van der Waals surface area contributed by atoms with Crippen LogP contribution in [0.2, 0.25) is 0 Å². The minimum absolute atomic E-state index is 0.343. The van der Waals surface area contributed by atoms with Gasteiger partial charge in [-0.2, -0.15) is 0 Å². The smallest absolute Gasteiger partial charge is 0.218 e. The molecule has 0 radical (unpaired) electrons. The Morgan fingerprint density at radius 2 is 1.05 bits per heavy atom. The van der Waals surface area contributed by atoms with E-state index in [1.165, 1.54) is 0 Å². The molecule has 2 aliphatic rings. The van der Waals surface area contributed by atoms with Crippen LogP contribution < -0.4 is 4.68 Å². The van der Waals surface area contributed by atoms with Crippen LogP contribution in [-0.4, -0.2) is 13.1 Å². The molecule has 4 nitrogen and oxygen atoms in total. The van der Waals surface area contributed by atoms with Crippen molar-refractivity contribution in [1.29, 1.82) is 0 Å². The van der Waals surface area contributed by atoms with Gasteiger partial charge >= 0.3 is 0 Å². The van der Waals surface area contributed by atoms with Crippen LogP contribution in [0.1, 0.15) is 22.3 Å². The quantitative estimate of drug-likeness (QED) is 0.168. The molecular weight excluding hydrogens is 741 g/mol. The van der Waals surface area contributed by atoms with Gasteiger partial charge in [0.2, 0.25) is 21.7 Å². The number of hydrogen-bond acceptors (Lipinski definition) is 2. The minimum Gasteiger partial charge on any atom is -0.218 e. The first kappa shape index (κ1) is 33.8. The van der Waals surface area contributed by atoms with Crippen molar-refractivity contribution in [2.24, 2.45) is 0 Å². The largest absolute Gasteiger partial charge is 0.236 e. The molecule has 0 amide bonds. The van der Waals surface area contributed by atoms with Crippen LogP contribution in [0.15, 0.2) is 222 Å². The summed E-state index contributed by atoms with van der Waals surface area (Å²) in [5.74, 6) is 0. The highest BCUT2D eigenvalue weighted by atomic mass is 32.2. The van der Waals surface area contributed by atoms with Crippen molar-refractivity contribution >= 4 is 31.5 Å². The van der Waals surface area contributed by atoms with Crippen LogP contribution in [0.3, 0.4) is 0 Å². The van der Waals surface area contributed by atoms with E-state index in [1.54, 1.807) is 6.07 Å². The van der Waals surface area contributed by atoms with E-state index >= 15 is 8.42 Å². The Kier molecular flexibility index (Phi) is 7.20. The van der Waals surface area contributed by atoms with Crippen molar-refractivity contribution < 1.29 is 13.1 Å². The maximum Gasteiger partial charge on any atom is 0.236 e. The van der Waals surface area contributed by atoms with E-state index in [0.717, 1.165) is 88.7 Å². The zero-order valence-electron chi connectivity index (χ0n) is 31.8. The Morgan fingerprint density at radius 1 is 0.441 bits per heavy atom. The second-order valence-corrected chi connectivity index (χ2v) is 17.3. The molecule has 2 heterocycles. The third-order valence-corrected chi connectivity index (χ3v) is 14.4. The van der Waals surface area contributed by atoms with Crippen molar-refractivity contribution in [2.75, 3.05) is 0 Å². The first-order valence-corrected chi connectivity index (χ1v) is 21.4. The first-order valence-electron chi connectivity index (χ1n) is 19.9. The normalized spacial score (nSPS) is 15.8. The lowest BCUT2D eigenvalue weighted by Crippen LogP contribution is -2.38. The zero-order valence-corrected chi connectivity index (χ0v) is 32.6. The van der Waals surface area contributed by atoms with E-state index in [-0.39, 0.29) is 0 Å². The van der Waals surface area contributed by atoms with Crippen LogP contribution in [0.25, 0.3) is 66.4 Å². The maximum absolute atomic E-state index is 15.1. The standard InChI is InChI=1S/C54H35N2O2S/c57-59(58)52-26-14-13-25-48(52)54(49-31-28-36-15-7-8-20-42(36)53(49)59)47-24-12-11-23-45(47)43-21-9-10-22-44(43)46-30-27-38(34-50(46)54)37-29-32-51-39(33-37)35-55(40-16-3-1-4-17-40)56(51)41-18-5-2-6-19-41/h1-35H/q+1. The minimum atomic E-state index is -3.93. The number of hydrogen-bond donors (Lipinski definition) is 0. The number of fused-ring (bicyclic) bond motifs is 14. The predicted molar refractivity (Wildman–Crippen MR) is 236 cm³/mol. The zero-order chi connectivity index (χ0) is 39.3. The summed E-state index contributed by atoms with van der Waals surface area (Å²) in [6.07, 6.45) is 2.21. The molecule has 1 aliphatic heterocycles. The van der Waals surface area contributed by atoms with Gasteiger partial charge in [0.05, 0.1) is 20.6 Å². The monoisotopic (exact) mass is 775 g/mol. The molecule has 278 valence electrons. The van der Waals surface area contributed by atoms with E-state index in [0.29, 0.717) is 9.79 Å². The highest BCUT2D eigenvalue weighted by molar-refractivity contribution is 7.92. The summed E-state index contributed by atoms with van der Waals surface area (Å²) >= 11 is 0. The van der Waals surface area contributed by atoms with Gasteiger partial charge in [0.25, 0.3) is 0 Å². The number of para-hydroxylation sites is 2. The fourth-order valence-corrected chi connectivity index (χ4v) is 12.0. The highest BCUT2D eigenvalue weighted by Crippen LogP contribution is 2.60. The number of rotatable bonds is 3. The van der Waals surface area contributed by atoms with E-state index < -0.39 is 15.3 Å². The van der Waals surface area contributed by atoms with Gasteiger partial charge in [0.15, 0.2) is 0 Å². The molecular formula is C54H35N2O2S+. The molecule has 5 heteroatoms. The molecule has 59 heavy (non-hydrogen) atoms. The van der Waals surface area contributed by atoms with Crippen molar-refractivity contribution in [3.63, 3.8) is 0 Å². The molecule has 0 saturated carbocycles. The van der Waals surface area contributed by atoms with E-state index in [2.05, 4.69) is 161 Å². The second-order valence-electron chi connectivity index (χ2n) is 15.5. The van der Waals surface area contributed by atoms with Crippen molar-refractivity contribution in [3.05, 3.63) is 235 Å². The van der Waals surface area contributed by atoms with Gasteiger partial charge in [-0.1, -0.05) is 162 Å². The second kappa shape index (κ2) is 12.6. The fourth-order valence-electron chi connectivity index (χ4n) is 10.0. The molecule has 1 unspecified atom stereocenters. The van der Waals surface area contributed by atoms with Gasteiger partial charge in [-0.05, 0) is 97.4 Å². The highest BCUT2D eigenvalue weighted by Gasteiger charge is 2.52. The Morgan fingerprint density at radius 3 is 1.85 bits per heavy atom. The maximum atomic E-state index is 15.1. The Balaban J connectivity index is 1.19. The van der Waals surface area contributed by atoms with Gasteiger partial charge in [-0.15, -0.1) is 4.68 Å². The SMILES string of the molecule is O=S1(=O)c2ccccc2C2(c3ccccc3-c3ccccc3-c3ccc(-c4ccc5c(c4)c[n+](-c4ccccc4)n5-c4ccccc4)cc32)c2ccc3ccccc3c21. The number of sulfone groups is 1. The van der Waals surface area contributed by atoms with Gasteiger partial charge in [0, 0.05) is 17.5 Å². The lowest BCUT2D eigenvalue weighted by atomic mass is 9.62. The van der Waals surface area contributed by atoms with Crippen molar-refractivity contribution in [2.45, 2.75) is 15.2 Å². The Hall–Kier alpha value is -7.34. The van der Waals surface area contributed by atoms with Crippen LogP contribution in [0.5, 0.6) is 0 Å². The van der Waals surface area contributed by atoms with E-state index in [1.807, 2.05) is 54.6 Å². The van der Waals surface area contributed by atoms with E-state index in [9.17, 15) is 0 Å². The van der Waals surface area contributed by atoms with Gasteiger partial charge in [-0.3, -0.25) is 0 Å². The average molecular weight is 776 g/mol. The summed E-state index contributed by atoms with van der Waals surface area (Å²) in [5, 5.41) is 2.73. The summed E-state index contributed by atoms with van der Waals surface area (Å²) < 4.78 is 34.7. The molecule has 1 aromatic heterocycles.